The number of nitrogens with zero attached hydrogens (tertiary/aromatic N) is 5. The summed E-state index contributed by atoms with van der Waals surface area (Å²) in [5.41, 5.74) is 8.50. The number of benzene rings is 2. The summed E-state index contributed by atoms with van der Waals surface area (Å²) in [5, 5.41) is 5.84. The van der Waals surface area contributed by atoms with E-state index in [4.69, 9.17) is 20.3 Å². The zero-order valence-electron chi connectivity index (χ0n) is 23.3. The molecule has 1 saturated carbocycles. The number of rotatable bonds is 4. The van der Waals surface area contributed by atoms with Crippen molar-refractivity contribution in [2.75, 3.05) is 18.8 Å². The number of hydrogen-bond donors (Lipinski definition) is 1. The molecule has 0 unspecified atom stereocenters. The van der Waals surface area contributed by atoms with Crippen LogP contribution >= 0.6 is 0 Å². The quantitative estimate of drug-likeness (QED) is 0.310. The van der Waals surface area contributed by atoms with Gasteiger partial charge in [0.15, 0.2) is 5.65 Å². The summed E-state index contributed by atoms with van der Waals surface area (Å²) in [6, 6.07) is 17.8. The van der Waals surface area contributed by atoms with Gasteiger partial charge in [-0.05, 0) is 94.7 Å². The Bertz CT molecular complexity index is 1500. The van der Waals surface area contributed by atoms with Crippen molar-refractivity contribution in [3.8, 4) is 22.8 Å². The Kier molecular flexibility index (Phi) is 6.60. The Morgan fingerprint density at radius 3 is 2.38 bits per heavy atom. The Hall–Kier alpha value is -4.14. The molecule has 1 aliphatic heterocycles. The second kappa shape index (κ2) is 10.1. The van der Waals surface area contributed by atoms with Crippen LogP contribution in [0.15, 0.2) is 60.9 Å². The fourth-order valence-corrected chi connectivity index (χ4v) is 6.04. The molecule has 3 heterocycles. The van der Waals surface area contributed by atoms with Crippen LogP contribution in [-0.2, 0) is 4.74 Å². The lowest BCUT2D eigenvalue weighted by Crippen LogP contribution is -2.38. The average molecular weight is 541 g/mol. The standard InChI is InChI=1S/C31H36N6O3/c1-30(2,3)40-29(38)36-18-17-31(19-36)15-13-22(14-16-31)37-28-25(27(32)33-20-34-28)26(35-37)21-9-11-24(12-10-21)39-23-7-5-4-6-8-23/h4-12,20,22H,13-19H2,1-3H3,(H2,32,33,34). The van der Waals surface area contributed by atoms with Crippen LogP contribution in [0.1, 0.15) is 58.9 Å². The van der Waals surface area contributed by atoms with Crippen LogP contribution < -0.4 is 10.5 Å². The minimum atomic E-state index is -0.484. The van der Waals surface area contributed by atoms with E-state index in [0.717, 1.165) is 79.0 Å². The number of ether oxygens (including phenoxy) is 2. The van der Waals surface area contributed by atoms with Crippen LogP contribution in [0.3, 0.4) is 0 Å². The number of anilines is 1. The molecule has 4 aromatic rings. The Morgan fingerprint density at radius 1 is 0.975 bits per heavy atom. The SMILES string of the molecule is CC(C)(C)OC(=O)N1CCC2(CCC(n3nc(-c4ccc(Oc5ccccc5)cc4)c4c(N)ncnc43)CC2)C1. The van der Waals surface area contributed by atoms with Crippen molar-refractivity contribution >= 4 is 22.9 Å². The molecule has 2 aliphatic rings. The number of amides is 1. The van der Waals surface area contributed by atoms with Gasteiger partial charge in [0.2, 0.25) is 0 Å². The molecule has 2 fully saturated rings. The second-order valence-electron chi connectivity index (χ2n) is 12.1. The van der Waals surface area contributed by atoms with Gasteiger partial charge in [-0.3, -0.25) is 0 Å². The van der Waals surface area contributed by atoms with Crippen LogP contribution in [0.5, 0.6) is 11.5 Å². The van der Waals surface area contributed by atoms with Gasteiger partial charge in [0.05, 0.1) is 11.4 Å². The lowest BCUT2D eigenvalue weighted by molar-refractivity contribution is 0.0257. The van der Waals surface area contributed by atoms with Crippen molar-refractivity contribution < 1.29 is 14.3 Å². The molecular weight excluding hydrogens is 504 g/mol. The summed E-state index contributed by atoms with van der Waals surface area (Å²) in [4.78, 5) is 23.4. The van der Waals surface area contributed by atoms with Gasteiger partial charge >= 0.3 is 6.09 Å². The van der Waals surface area contributed by atoms with Crippen LogP contribution in [0.2, 0.25) is 0 Å². The van der Waals surface area contributed by atoms with Gasteiger partial charge in [0.1, 0.15) is 34.9 Å². The van der Waals surface area contributed by atoms with Crippen molar-refractivity contribution in [2.45, 2.75) is 64.5 Å². The Balaban J connectivity index is 1.20. The lowest BCUT2D eigenvalue weighted by atomic mass is 9.72. The van der Waals surface area contributed by atoms with Crippen molar-refractivity contribution in [2.24, 2.45) is 5.41 Å². The molecule has 1 spiro atoms. The molecule has 1 aliphatic carbocycles. The molecular formula is C31H36N6O3. The van der Waals surface area contributed by atoms with E-state index in [1.807, 2.05) is 85.0 Å². The number of aromatic nitrogens is 4. The predicted octanol–water partition coefficient (Wildman–Crippen LogP) is 6.61. The van der Waals surface area contributed by atoms with E-state index in [1.165, 1.54) is 6.33 Å². The van der Waals surface area contributed by atoms with Crippen molar-refractivity contribution in [3.63, 3.8) is 0 Å². The average Bonchev–Trinajstić information content (AvgIpc) is 3.53. The monoisotopic (exact) mass is 540 g/mol. The van der Waals surface area contributed by atoms with E-state index in [2.05, 4.69) is 9.97 Å². The van der Waals surface area contributed by atoms with E-state index in [-0.39, 0.29) is 17.6 Å². The first-order valence-corrected chi connectivity index (χ1v) is 14.0. The predicted molar refractivity (Wildman–Crippen MR) is 154 cm³/mol. The number of likely N-dealkylation sites (tertiary alicyclic amines) is 1. The smallest absolute Gasteiger partial charge is 0.410 e. The molecule has 40 heavy (non-hydrogen) atoms. The normalized spacial score (nSPS) is 21.2. The molecule has 2 aromatic carbocycles. The molecule has 1 saturated heterocycles. The van der Waals surface area contributed by atoms with E-state index in [9.17, 15) is 4.79 Å². The number of hydrogen-bond acceptors (Lipinski definition) is 7. The summed E-state index contributed by atoms with van der Waals surface area (Å²) in [6.07, 6.45) is 6.30. The number of fused-ring (bicyclic) bond motifs is 1. The molecule has 0 bridgehead atoms. The first-order valence-electron chi connectivity index (χ1n) is 14.0. The highest BCUT2D eigenvalue weighted by molar-refractivity contribution is 5.98. The third-order valence-electron chi connectivity index (χ3n) is 8.08. The molecule has 2 N–H and O–H groups in total. The maximum Gasteiger partial charge on any atom is 0.410 e. The third kappa shape index (κ3) is 5.20. The van der Waals surface area contributed by atoms with Crippen LogP contribution in [0.4, 0.5) is 10.6 Å². The molecule has 9 heteroatoms. The molecule has 9 nitrogen and oxygen atoms in total. The molecule has 0 atom stereocenters. The van der Waals surface area contributed by atoms with Crippen LogP contribution in [0, 0.1) is 5.41 Å². The summed E-state index contributed by atoms with van der Waals surface area (Å²) in [5.74, 6) is 1.96. The lowest BCUT2D eigenvalue weighted by Gasteiger charge is -2.37. The highest BCUT2D eigenvalue weighted by atomic mass is 16.6. The van der Waals surface area contributed by atoms with Crippen molar-refractivity contribution in [1.29, 1.82) is 0 Å². The van der Waals surface area contributed by atoms with E-state index in [1.54, 1.807) is 0 Å². The molecule has 2 aromatic heterocycles. The Labute approximate surface area is 234 Å². The maximum atomic E-state index is 12.7. The molecule has 0 radical (unpaired) electrons. The summed E-state index contributed by atoms with van der Waals surface area (Å²) in [6.45, 7) is 7.24. The summed E-state index contributed by atoms with van der Waals surface area (Å²) >= 11 is 0. The number of carbonyl (C=O) groups excluding carboxylic acids is 1. The van der Waals surface area contributed by atoms with Gasteiger partial charge in [0, 0.05) is 18.7 Å². The second-order valence-corrected chi connectivity index (χ2v) is 12.1. The van der Waals surface area contributed by atoms with Gasteiger partial charge in [0.25, 0.3) is 0 Å². The van der Waals surface area contributed by atoms with E-state index >= 15 is 0 Å². The van der Waals surface area contributed by atoms with E-state index < -0.39 is 5.60 Å². The third-order valence-corrected chi connectivity index (χ3v) is 8.08. The Morgan fingerprint density at radius 2 is 1.68 bits per heavy atom. The zero-order valence-corrected chi connectivity index (χ0v) is 23.3. The minimum absolute atomic E-state index is 0.141. The number of nitrogen functional groups attached to an aromatic ring is 1. The molecule has 208 valence electrons. The minimum Gasteiger partial charge on any atom is -0.457 e. The van der Waals surface area contributed by atoms with Gasteiger partial charge in [-0.1, -0.05) is 18.2 Å². The summed E-state index contributed by atoms with van der Waals surface area (Å²) in [7, 11) is 0. The molecule has 1 amide bonds. The van der Waals surface area contributed by atoms with Gasteiger partial charge in [-0.15, -0.1) is 0 Å². The fourth-order valence-electron chi connectivity index (χ4n) is 6.04. The first-order chi connectivity index (χ1) is 19.2. The van der Waals surface area contributed by atoms with Gasteiger partial charge in [-0.2, -0.15) is 5.10 Å². The largest absolute Gasteiger partial charge is 0.457 e. The topological polar surface area (TPSA) is 108 Å². The number of nitrogens with two attached hydrogens (primary N) is 1. The summed E-state index contributed by atoms with van der Waals surface area (Å²) < 4.78 is 13.6. The highest BCUT2D eigenvalue weighted by Crippen LogP contribution is 2.48. The fraction of sp³-hybridized carbons (Fsp3) is 0.419. The number of carbonyl (C=O) groups is 1. The number of para-hydroxylation sites is 1. The van der Waals surface area contributed by atoms with Crippen molar-refractivity contribution in [3.05, 3.63) is 60.9 Å². The van der Waals surface area contributed by atoms with Gasteiger partial charge < -0.3 is 20.1 Å². The van der Waals surface area contributed by atoms with Gasteiger partial charge in [-0.25, -0.2) is 19.4 Å². The van der Waals surface area contributed by atoms with Crippen LogP contribution in [0.25, 0.3) is 22.3 Å². The zero-order chi connectivity index (χ0) is 27.9. The van der Waals surface area contributed by atoms with Crippen molar-refractivity contribution in [1.82, 2.24) is 24.6 Å². The first kappa shape index (κ1) is 26.1. The maximum absolute atomic E-state index is 12.7. The molecule has 6 rings (SSSR count). The highest BCUT2D eigenvalue weighted by Gasteiger charge is 2.44. The van der Waals surface area contributed by atoms with Crippen LogP contribution in [-0.4, -0.2) is 49.4 Å². The van der Waals surface area contributed by atoms with E-state index in [0.29, 0.717) is 5.82 Å².